The lowest BCUT2D eigenvalue weighted by atomic mass is 9.33. The van der Waals surface area contributed by atoms with Crippen LogP contribution in [0.4, 0.5) is 45.5 Å². The monoisotopic (exact) mass is 689 g/mol. The summed E-state index contributed by atoms with van der Waals surface area (Å²) in [6.07, 6.45) is 4.93. The lowest BCUT2D eigenvalue weighted by Crippen LogP contribution is -2.64. The maximum atomic E-state index is 2.86. The number of anilines is 8. The van der Waals surface area contributed by atoms with Gasteiger partial charge in [-0.1, -0.05) is 110 Å². The Balaban J connectivity index is 1.38. The number of hydrogen-bond acceptors (Lipinski definition) is 3. The van der Waals surface area contributed by atoms with Crippen LogP contribution in [0, 0.1) is 34.6 Å². The molecule has 1 aliphatic carbocycles. The zero-order valence-corrected chi connectivity index (χ0v) is 32.2. The maximum absolute atomic E-state index is 2.86. The minimum Gasteiger partial charge on any atom is -0.335 e. The van der Waals surface area contributed by atoms with Gasteiger partial charge in [0.05, 0.1) is 11.2 Å². The summed E-state index contributed by atoms with van der Waals surface area (Å²) < 4.78 is 0. The number of nitrogens with zero attached hydrogens (tertiary/aromatic N) is 3. The van der Waals surface area contributed by atoms with Crippen molar-refractivity contribution in [3.8, 4) is 0 Å². The van der Waals surface area contributed by atoms with Crippen molar-refractivity contribution in [2.75, 3.05) is 14.7 Å². The van der Waals surface area contributed by atoms with Gasteiger partial charge < -0.3 is 14.7 Å². The molecule has 6 aromatic rings. The average Bonchev–Trinajstić information content (AvgIpc) is 3.35. The van der Waals surface area contributed by atoms with Gasteiger partial charge in [0.25, 0.3) is 6.71 Å². The van der Waals surface area contributed by atoms with Gasteiger partial charge in [0.2, 0.25) is 0 Å². The van der Waals surface area contributed by atoms with Crippen LogP contribution in [0.1, 0.15) is 72.9 Å². The van der Waals surface area contributed by atoms with Crippen LogP contribution < -0.4 is 31.1 Å². The van der Waals surface area contributed by atoms with E-state index in [1.54, 1.807) is 5.56 Å². The molecule has 0 amide bonds. The predicted molar refractivity (Wildman–Crippen MR) is 227 cm³/mol. The number of para-hydroxylation sites is 4. The topological polar surface area (TPSA) is 9.72 Å². The molecule has 0 aromatic heterocycles. The van der Waals surface area contributed by atoms with Crippen LogP contribution in [0.2, 0.25) is 0 Å². The third-order valence-corrected chi connectivity index (χ3v) is 13.7. The molecule has 10 rings (SSSR count). The third kappa shape index (κ3) is 4.30. The molecule has 2 unspecified atom stereocenters. The van der Waals surface area contributed by atoms with Gasteiger partial charge in [-0.25, -0.2) is 0 Å². The molecule has 53 heavy (non-hydrogen) atoms. The Bertz CT molecular complexity index is 2450. The fourth-order valence-electron chi connectivity index (χ4n) is 10.9. The van der Waals surface area contributed by atoms with Crippen molar-refractivity contribution in [1.82, 2.24) is 0 Å². The molecule has 0 spiro atoms. The van der Waals surface area contributed by atoms with Gasteiger partial charge in [-0.05, 0) is 129 Å². The minimum absolute atomic E-state index is 0.0502. The average molecular weight is 690 g/mol. The van der Waals surface area contributed by atoms with Crippen molar-refractivity contribution in [1.29, 1.82) is 0 Å². The highest BCUT2D eigenvalue weighted by Crippen LogP contribution is 2.62. The van der Waals surface area contributed by atoms with Gasteiger partial charge >= 0.3 is 0 Å². The Morgan fingerprint density at radius 2 is 1.19 bits per heavy atom. The largest absolute Gasteiger partial charge is 0.335 e. The van der Waals surface area contributed by atoms with Crippen molar-refractivity contribution in [2.24, 2.45) is 0 Å². The first kappa shape index (κ1) is 32.4. The van der Waals surface area contributed by atoms with Crippen LogP contribution in [-0.2, 0) is 5.41 Å². The van der Waals surface area contributed by atoms with E-state index >= 15 is 0 Å². The minimum atomic E-state index is -0.0516. The standard InChI is InChI=1S/C49H48BN3/c1-31-27-37-47-39(28-31)50-38-21-16-20-35(5)46(38)52(42-24-13-10-19-34(42)4)43-29-36(30-44(45(43)50)53(47)49(7)26-15-14-25-48(37,49)6)51(40-22-11-8-17-32(40)2)41-23-12-9-18-33(41)3/h8-13,16-24,27-30H,14-15,25-26H2,1-7H3. The number of rotatable bonds is 4. The quantitative estimate of drug-likeness (QED) is 0.170. The Morgan fingerprint density at radius 3 is 1.89 bits per heavy atom. The second-order valence-electron chi connectivity index (χ2n) is 16.8. The molecule has 0 bridgehead atoms. The molecule has 6 aromatic carbocycles. The first-order valence-electron chi connectivity index (χ1n) is 19.6. The fraction of sp³-hybridized carbons (Fsp3) is 0.265. The highest BCUT2D eigenvalue weighted by atomic mass is 15.3. The number of aryl methyl sites for hydroxylation is 5. The fourth-order valence-corrected chi connectivity index (χ4v) is 10.9. The van der Waals surface area contributed by atoms with E-state index in [9.17, 15) is 0 Å². The summed E-state index contributed by atoms with van der Waals surface area (Å²) in [5.74, 6) is 0. The number of benzene rings is 6. The van der Waals surface area contributed by atoms with Gasteiger partial charge in [0, 0.05) is 45.2 Å². The molecule has 4 heteroatoms. The Morgan fingerprint density at radius 1 is 0.566 bits per heavy atom. The Hall–Kier alpha value is -5.22. The summed E-state index contributed by atoms with van der Waals surface area (Å²) in [5, 5.41) is 0. The zero-order valence-electron chi connectivity index (χ0n) is 32.2. The predicted octanol–water partition coefficient (Wildman–Crippen LogP) is 11.1. The van der Waals surface area contributed by atoms with Gasteiger partial charge in [-0.2, -0.15) is 0 Å². The van der Waals surface area contributed by atoms with Gasteiger partial charge in [0.1, 0.15) is 0 Å². The lowest BCUT2D eigenvalue weighted by Gasteiger charge is -2.53. The van der Waals surface area contributed by atoms with Gasteiger partial charge in [0.15, 0.2) is 0 Å². The summed E-state index contributed by atoms with van der Waals surface area (Å²) in [7, 11) is 0. The maximum Gasteiger partial charge on any atom is 0.252 e. The van der Waals surface area contributed by atoms with Crippen molar-refractivity contribution in [3.63, 3.8) is 0 Å². The second kappa shape index (κ2) is 11.4. The molecule has 4 aliphatic rings. The van der Waals surface area contributed by atoms with Crippen molar-refractivity contribution in [3.05, 3.63) is 149 Å². The summed E-state index contributed by atoms with van der Waals surface area (Å²) in [6.45, 7) is 16.7. The van der Waals surface area contributed by atoms with E-state index in [-0.39, 0.29) is 17.7 Å². The first-order chi connectivity index (χ1) is 25.6. The van der Waals surface area contributed by atoms with Gasteiger partial charge in [-0.15, -0.1) is 0 Å². The van der Waals surface area contributed by atoms with Crippen LogP contribution in [-0.4, -0.2) is 12.3 Å². The smallest absolute Gasteiger partial charge is 0.252 e. The highest BCUT2D eigenvalue weighted by molar-refractivity contribution is 7.00. The Kier molecular flexibility index (Phi) is 6.97. The molecule has 3 nitrogen and oxygen atoms in total. The molecule has 1 fully saturated rings. The summed E-state index contributed by atoms with van der Waals surface area (Å²) >= 11 is 0. The van der Waals surface area contributed by atoms with Crippen LogP contribution >= 0.6 is 0 Å². The van der Waals surface area contributed by atoms with Crippen LogP contribution in [0.15, 0.2) is 115 Å². The van der Waals surface area contributed by atoms with Crippen molar-refractivity contribution in [2.45, 2.75) is 85.1 Å². The second-order valence-corrected chi connectivity index (χ2v) is 16.8. The summed E-state index contributed by atoms with van der Waals surface area (Å²) in [5.41, 5.74) is 22.6. The van der Waals surface area contributed by atoms with E-state index in [1.165, 1.54) is 115 Å². The number of hydrogen-bond donors (Lipinski definition) is 0. The van der Waals surface area contributed by atoms with E-state index in [2.05, 4.69) is 178 Å². The molecule has 1 saturated carbocycles. The van der Waals surface area contributed by atoms with E-state index in [0.29, 0.717) is 0 Å². The molecule has 3 aliphatic heterocycles. The molecular formula is C49H48BN3. The molecule has 0 radical (unpaired) electrons. The van der Waals surface area contributed by atoms with Crippen LogP contribution in [0.3, 0.4) is 0 Å². The van der Waals surface area contributed by atoms with E-state index < -0.39 is 0 Å². The normalized spacial score (nSPS) is 20.5. The molecular weight excluding hydrogens is 641 g/mol. The first-order valence-corrected chi connectivity index (χ1v) is 19.6. The van der Waals surface area contributed by atoms with E-state index in [0.717, 1.165) is 0 Å². The molecule has 2 atom stereocenters. The molecule has 0 N–H and O–H groups in total. The van der Waals surface area contributed by atoms with E-state index in [4.69, 9.17) is 0 Å². The van der Waals surface area contributed by atoms with Crippen molar-refractivity contribution >= 4 is 68.6 Å². The Labute approximate surface area is 316 Å². The third-order valence-electron chi connectivity index (χ3n) is 13.7. The van der Waals surface area contributed by atoms with Gasteiger partial charge in [-0.3, -0.25) is 0 Å². The van der Waals surface area contributed by atoms with Crippen LogP contribution in [0.5, 0.6) is 0 Å². The number of fused-ring (bicyclic) bond motifs is 7. The van der Waals surface area contributed by atoms with E-state index in [1.807, 2.05) is 0 Å². The SMILES string of the molecule is Cc1cc2c3c(c1)C1(C)CCCCC1(C)N3c1cc(N(c3ccccc3C)c3ccccc3C)cc3c1B2c1cccc(C)c1N3c1ccccc1C. The molecule has 0 saturated heterocycles. The summed E-state index contributed by atoms with van der Waals surface area (Å²) in [4.78, 5) is 8.01. The van der Waals surface area contributed by atoms with Crippen LogP contribution in [0.25, 0.3) is 0 Å². The highest BCUT2D eigenvalue weighted by Gasteiger charge is 2.61. The molecule has 3 heterocycles. The lowest BCUT2D eigenvalue weighted by molar-refractivity contribution is 0.195. The summed E-state index contributed by atoms with van der Waals surface area (Å²) in [6, 6.07) is 43.9. The van der Waals surface area contributed by atoms with Crippen molar-refractivity contribution < 1.29 is 0 Å². The zero-order chi connectivity index (χ0) is 36.4. The molecule has 262 valence electrons.